The molecule has 0 aliphatic rings. The van der Waals surface area contributed by atoms with Crippen molar-refractivity contribution in [3.8, 4) is 0 Å². The lowest BCUT2D eigenvalue weighted by Gasteiger charge is -2.46. The van der Waals surface area contributed by atoms with Gasteiger partial charge in [-0.25, -0.2) is 0 Å². The van der Waals surface area contributed by atoms with Crippen molar-refractivity contribution < 1.29 is 4.48 Å². The Bertz CT molecular complexity index is 220. The van der Waals surface area contributed by atoms with Crippen molar-refractivity contribution in [1.29, 1.82) is 0 Å². The van der Waals surface area contributed by atoms with Crippen molar-refractivity contribution in [3.05, 3.63) is 0 Å². The lowest BCUT2D eigenvalue weighted by atomic mass is 9.97. The molecule has 1 unspecified atom stereocenters. The van der Waals surface area contributed by atoms with Crippen LogP contribution in [0.5, 0.6) is 0 Å². The molecule has 0 saturated heterocycles. The summed E-state index contributed by atoms with van der Waals surface area (Å²) in [6, 6.07) is 0.930. The molecule has 0 radical (unpaired) electrons. The molecule has 0 aromatic rings. The fourth-order valence-electron chi connectivity index (χ4n) is 3.77. The van der Waals surface area contributed by atoms with Crippen molar-refractivity contribution in [1.82, 2.24) is 0 Å². The summed E-state index contributed by atoms with van der Waals surface area (Å²) in [6.07, 6.45) is 15.3. The summed E-state index contributed by atoms with van der Waals surface area (Å²) in [6.45, 7) is 17.3. The molecule has 4 N–H and O–H groups in total. The molecule has 154 valence electrons. The maximum absolute atomic E-state index is 4.90. The highest BCUT2D eigenvalue weighted by Crippen LogP contribution is 2.26. The van der Waals surface area contributed by atoms with Crippen LogP contribution in [0.25, 0.3) is 0 Å². The average molecular weight is 359 g/mol. The largest absolute Gasteiger partial charge is 0.329 e. The third kappa shape index (κ3) is 13.7. The first-order valence-corrected chi connectivity index (χ1v) is 11.4. The normalized spacial score (nSPS) is 12.6. The number of hydrogen-bond donors (Lipinski definition) is 2. The van der Waals surface area contributed by atoms with Gasteiger partial charge in [-0.1, -0.05) is 66.7 Å². The van der Waals surface area contributed by atoms with Gasteiger partial charge in [0.05, 0.1) is 25.7 Å². The van der Waals surface area contributed by atoms with E-state index in [0.717, 1.165) is 6.04 Å². The first-order chi connectivity index (χ1) is 12.1. The summed E-state index contributed by atoms with van der Waals surface area (Å²) in [7, 11) is 0. The van der Waals surface area contributed by atoms with E-state index in [4.69, 9.17) is 11.5 Å². The van der Waals surface area contributed by atoms with E-state index in [1.807, 2.05) is 0 Å². The summed E-state index contributed by atoms with van der Waals surface area (Å²) in [5, 5.41) is 0. The predicted molar refractivity (Wildman–Crippen MR) is 116 cm³/mol. The molecule has 0 fully saturated rings. The van der Waals surface area contributed by atoms with Gasteiger partial charge in [0, 0.05) is 13.1 Å². The first kappa shape index (κ1) is 27.1. The number of quaternary nitrogens is 1. The molecule has 0 rings (SSSR count). The molecule has 0 aromatic carbocycles. The third-order valence-corrected chi connectivity index (χ3v) is 5.33. The molecule has 0 bridgehead atoms. The van der Waals surface area contributed by atoms with Gasteiger partial charge in [0.2, 0.25) is 0 Å². The number of rotatable bonds is 16. The van der Waals surface area contributed by atoms with Crippen LogP contribution in [0.1, 0.15) is 105 Å². The Hall–Kier alpha value is -0.120. The maximum Gasteiger partial charge on any atom is 0.0890 e. The number of hydrogen-bond acceptors (Lipinski definition) is 2. The van der Waals surface area contributed by atoms with E-state index in [-0.39, 0.29) is 0 Å². The van der Waals surface area contributed by atoms with Gasteiger partial charge in [-0.15, -0.1) is 0 Å². The minimum atomic E-state index is 0.597. The molecule has 0 aromatic heterocycles. The molecular formula is C22H52N3+. The second-order valence-electron chi connectivity index (χ2n) is 7.61. The predicted octanol–water partition coefficient (Wildman–Crippen LogP) is 5.47. The SMILES string of the molecule is CCCCC(CCC)[N+](CCCC)(CCCC)CCCC.NCCN. The van der Waals surface area contributed by atoms with E-state index < -0.39 is 0 Å². The minimum absolute atomic E-state index is 0.597. The van der Waals surface area contributed by atoms with Gasteiger partial charge in [0.25, 0.3) is 0 Å². The van der Waals surface area contributed by atoms with E-state index in [9.17, 15) is 0 Å². The molecule has 3 nitrogen and oxygen atoms in total. The van der Waals surface area contributed by atoms with Crippen molar-refractivity contribution in [2.75, 3.05) is 32.7 Å². The quantitative estimate of drug-likeness (QED) is 0.360. The van der Waals surface area contributed by atoms with Crippen LogP contribution in [0.3, 0.4) is 0 Å². The molecule has 1 atom stereocenters. The van der Waals surface area contributed by atoms with Gasteiger partial charge < -0.3 is 16.0 Å². The van der Waals surface area contributed by atoms with Crippen molar-refractivity contribution in [2.45, 2.75) is 111 Å². The number of nitrogens with two attached hydrogens (primary N) is 2. The van der Waals surface area contributed by atoms with Gasteiger partial charge in [-0.2, -0.15) is 0 Å². The van der Waals surface area contributed by atoms with Crippen LogP contribution < -0.4 is 11.5 Å². The number of nitrogens with zero attached hydrogens (tertiary/aromatic N) is 1. The van der Waals surface area contributed by atoms with Gasteiger partial charge in [-0.3, -0.25) is 0 Å². The molecule has 0 spiro atoms. The van der Waals surface area contributed by atoms with Crippen LogP contribution in [-0.4, -0.2) is 43.2 Å². The zero-order chi connectivity index (χ0) is 19.4. The molecule has 0 heterocycles. The molecule has 3 heteroatoms. The lowest BCUT2D eigenvalue weighted by Crippen LogP contribution is -2.57. The van der Waals surface area contributed by atoms with Crippen molar-refractivity contribution in [2.24, 2.45) is 11.5 Å². The van der Waals surface area contributed by atoms with Crippen molar-refractivity contribution in [3.63, 3.8) is 0 Å². The first-order valence-electron chi connectivity index (χ1n) is 11.4. The van der Waals surface area contributed by atoms with E-state index in [0.29, 0.717) is 13.1 Å². The van der Waals surface area contributed by atoms with Crippen LogP contribution in [-0.2, 0) is 0 Å². The van der Waals surface area contributed by atoms with Gasteiger partial charge >= 0.3 is 0 Å². The van der Waals surface area contributed by atoms with Crippen LogP contribution in [0.2, 0.25) is 0 Å². The van der Waals surface area contributed by atoms with Gasteiger partial charge in [0.1, 0.15) is 0 Å². The zero-order valence-corrected chi connectivity index (χ0v) is 18.5. The second kappa shape index (κ2) is 20.2. The van der Waals surface area contributed by atoms with Gasteiger partial charge in [-0.05, 0) is 38.5 Å². The third-order valence-electron chi connectivity index (χ3n) is 5.33. The summed E-state index contributed by atoms with van der Waals surface area (Å²) >= 11 is 0. The van der Waals surface area contributed by atoms with Crippen LogP contribution in [0.15, 0.2) is 0 Å². The Morgan fingerprint density at radius 3 is 1.24 bits per heavy atom. The van der Waals surface area contributed by atoms with E-state index >= 15 is 0 Å². The molecule has 0 aliphatic carbocycles. The fraction of sp³-hybridized carbons (Fsp3) is 1.00. The summed E-state index contributed by atoms with van der Waals surface area (Å²) in [4.78, 5) is 0. The monoisotopic (exact) mass is 358 g/mol. The summed E-state index contributed by atoms with van der Waals surface area (Å²) < 4.78 is 1.45. The molecule has 0 amide bonds. The molecule has 25 heavy (non-hydrogen) atoms. The molecular weight excluding hydrogens is 306 g/mol. The Morgan fingerprint density at radius 1 is 0.560 bits per heavy atom. The van der Waals surface area contributed by atoms with Crippen LogP contribution in [0.4, 0.5) is 0 Å². The molecule has 0 aliphatic heterocycles. The highest BCUT2D eigenvalue weighted by atomic mass is 15.4. The second-order valence-corrected chi connectivity index (χ2v) is 7.61. The smallest absolute Gasteiger partial charge is 0.0890 e. The van der Waals surface area contributed by atoms with Crippen LogP contribution in [0, 0.1) is 0 Å². The Morgan fingerprint density at radius 2 is 0.960 bits per heavy atom. The fourth-order valence-corrected chi connectivity index (χ4v) is 3.77. The van der Waals surface area contributed by atoms with E-state index in [1.165, 1.54) is 94.7 Å². The minimum Gasteiger partial charge on any atom is -0.329 e. The highest BCUT2D eigenvalue weighted by molar-refractivity contribution is 4.63. The maximum atomic E-state index is 4.90. The summed E-state index contributed by atoms with van der Waals surface area (Å²) in [5.74, 6) is 0. The standard InChI is InChI=1S/C20H44N.C2H8N2/c1-6-11-16-20(15-10-5)21(17-12-7-2,18-13-8-3)19-14-9-4;3-1-2-4/h20H,6-19H2,1-5H3;1-4H2/q+1;. The van der Waals surface area contributed by atoms with Crippen LogP contribution >= 0.6 is 0 Å². The Balaban J connectivity index is 0. The highest BCUT2D eigenvalue weighted by Gasteiger charge is 2.34. The lowest BCUT2D eigenvalue weighted by molar-refractivity contribution is -0.952. The van der Waals surface area contributed by atoms with Crippen molar-refractivity contribution >= 4 is 0 Å². The number of unbranched alkanes of at least 4 members (excludes halogenated alkanes) is 4. The average Bonchev–Trinajstić information content (AvgIpc) is 2.65. The van der Waals surface area contributed by atoms with E-state index in [1.54, 1.807) is 0 Å². The van der Waals surface area contributed by atoms with E-state index in [2.05, 4.69) is 34.6 Å². The topological polar surface area (TPSA) is 52.0 Å². The summed E-state index contributed by atoms with van der Waals surface area (Å²) in [5.41, 5.74) is 9.81. The van der Waals surface area contributed by atoms with Gasteiger partial charge in [0.15, 0.2) is 0 Å². The zero-order valence-electron chi connectivity index (χ0n) is 18.5. The Kier molecular flexibility index (Phi) is 21.9. The molecule has 0 saturated carbocycles. The Labute approximate surface area is 160 Å².